The molecule has 0 bridgehead atoms. The summed E-state index contributed by atoms with van der Waals surface area (Å²) in [6.07, 6.45) is 1.74. The third kappa shape index (κ3) is 3.35. The topological polar surface area (TPSA) is 65.5 Å². The summed E-state index contributed by atoms with van der Waals surface area (Å²) < 4.78 is 0. The number of rotatable bonds is 5. The number of aromatic nitrogens is 1. The van der Waals surface area contributed by atoms with Gasteiger partial charge >= 0.3 is 0 Å². The molecule has 1 amide bonds. The first-order valence-corrected chi connectivity index (χ1v) is 7.77. The predicted molar refractivity (Wildman–Crippen MR) is 83.5 cm³/mol. The van der Waals surface area contributed by atoms with E-state index >= 15 is 0 Å². The summed E-state index contributed by atoms with van der Waals surface area (Å²) in [4.78, 5) is 19.0. The van der Waals surface area contributed by atoms with Crippen molar-refractivity contribution < 1.29 is 9.90 Å². The highest BCUT2D eigenvalue weighted by atomic mass is 16.3. The number of hydrogen-bond acceptors (Lipinski definition) is 4. The second-order valence-corrected chi connectivity index (χ2v) is 5.63. The third-order valence-corrected chi connectivity index (χ3v) is 4.18. The van der Waals surface area contributed by atoms with Crippen molar-refractivity contribution in [3.63, 3.8) is 0 Å². The summed E-state index contributed by atoms with van der Waals surface area (Å²) in [5.74, 6) is 1.09. The number of aryl methyl sites for hydroxylation is 1. The quantitative estimate of drug-likeness (QED) is 0.870. The number of amides is 1. The van der Waals surface area contributed by atoms with Crippen LogP contribution in [0.2, 0.25) is 0 Å². The van der Waals surface area contributed by atoms with Crippen LogP contribution in [0, 0.1) is 5.92 Å². The average molecular weight is 291 g/mol. The lowest BCUT2D eigenvalue weighted by Gasteiger charge is -2.25. The molecular weight excluding hydrogens is 266 g/mol. The van der Waals surface area contributed by atoms with Crippen molar-refractivity contribution in [1.82, 2.24) is 9.88 Å². The van der Waals surface area contributed by atoms with Gasteiger partial charge in [0.2, 0.25) is 0 Å². The SMILES string of the molecule is CCNc1cc(C(=O)N2CCC(C)C2CO)cc(CC)n1. The molecule has 0 radical (unpaired) electrons. The summed E-state index contributed by atoms with van der Waals surface area (Å²) in [5, 5.41) is 12.7. The Kier molecular flexibility index (Phi) is 5.17. The van der Waals surface area contributed by atoms with Crippen LogP contribution in [0.15, 0.2) is 12.1 Å². The van der Waals surface area contributed by atoms with E-state index in [2.05, 4.69) is 17.2 Å². The van der Waals surface area contributed by atoms with Crippen molar-refractivity contribution in [2.24, 2.45) is 5.92 Å². The van der Waals surface area contributed by atoms with Crippen LogP contribution in [0.3, 0.4) is 0 Å². The Hall–Kier alpha value is -1.62. The second-order valence-electron chi connectivity index (χ2n) is 5.63. The van der Waals surface area contributed by atoms with Crippen molar-refractivity contribution in [1.29, 1.82) is 0 Å². The molecule has 1 aliphatic rings. The van der Waals surface area contributed by atoms with Crippen LogP contribution in [-0.2, 0) is 6.42 Å². The highest BCUT2D eigenvalue weighted by Crippen LogP contribution is 2.26. The molecule has 2 rings (SSSR count). The Labute approximate surface area is 126 Å². The molecule has 1 saturated heterocycles. The Balaban J connectivity index is 2.27. The van der Waals surface area contributed by atoms with E-state index in [0.717, 1.165) is 30.9 Å². The molecule has 116 valence electrons. The molecule has 2 N–H and O–H groups in total. The molecule has 21 heavy (non-hydrogen) atoms. The molecule has 5 nitrogen and oxygen atoms in total. The summed E-state index contributed by atoms with van der Waals surface area (Å²) in [7, 11) is 0. The van der Waals surface area contributed by atoms with Crippen LogP contribution in [0.4, 0.5) is 5.82 Å². The van der Waals surface area contributed by atoms with Crippen LogP contribution in [0.5, 0.6) is 0 Å². The number of nitrogens with zero attached hydrogens (tertiary/aromatic N) is 2. The van der Waals surface area contributed by atoms with E-state index in [0.29, 0.717) is 18.0 Å². The number of aliphatic hydroxyl groups is 1. The van der Waals surface area contributed by atoms with Crippen molar-refractivity contribution in [2.45, 2.75) is 39.7 Å². The highest BCUT2D eigenvalue weighted by molar-refractivity contribution is 5.95. The largest absolute Gasteiger partial charge is 0.394 e. The molecule has 0 spiro atoms. The lowest BCUT2D eigenvalue weighted by Crippen LogP contribution is -2.39. The van der Waals surface area contributed by atoms with Gasteiger partial charge in [0.15, 0.2) is 0 Å². The molecule has 2 unspecified atom stereocenters. The molecule has 1 fully saturated rings. The van der Waals surface area contributed by atoms with E-state index < -0.39 is 0 Å². The van der Waals surface area contributed by atoms with E-state index in [1.54, 1.807) is 4.90 Å². The fraction of sp³-hybridized carbons (Fsp3) is 0.625. The van der Waals surface area contributed by atoms with Gasteiger partial charge < -0.3 is 15.3 Å². The molecule has 0 aromatic carbocycles. The number of anilines is 1. The molecule has 5 heteroatoms. The van der Waals surface area contributed by atoms with E-state index in [9.17, 15) is 9.90 Å². The van der Waals surface area contributed by atoms with E-state index in [4.69, 9.17) is 0 Å². The first-order chi connectivity index (χ1) is 10.1. The van der Waals surface area contributed by atoms with E-state index in [1.165, 1.54) is 0 Å². The Morgan fingerprint density at radius 3 is 2.86 bits per heavy atom. The maximum absolute atomic E-state index is 12.7. The van der Waals surface area contributed by atoms with Gasteiger partial charge in [0.25, 0.3) is 5.91 Å². The zero-order valence-electron chi connectivity index (χ0n) is 13.1. The van der Waals surface area contributed by atoms with Gasteiger partial charge in [-0.25, -0.2) is 4.98 Å². The van der Waals surface area contributed by atoms with Crippen LogP contribution >= 0.6 is 0 Å². The molecule has 1 aromatic rings. The molecule has 2 heterocycles. The van der Waals surface area contributed by atoms with Crippen molar-refractivity contribution in [2.75, 3.05) is 25.0 Å². The van der Waals surface area contributed by atoms with Crippen molar-refractivity contribution >= 4 is 11.7 Å². The van der Waals surface area contributed by atoms with Gasteiger partial charge in [-0.15, -0.1) is 0 Å². The van der Waals surface area contributed by atoms with Crippen LogP contribution in [0.1, 0.15) is 43.2 Å². The standard InChI is InChI=1S/C16H25N3O2/c1-4-13-8-12(9-15(18-13)17-5-2)16(21)19-7-6-11(3)14(19)10-20/h8-9,11,14,20H,4-7,10H2,1-3H3,(H,17,18). The van der Waals surface area contributed by atoms with Crippen LogP contribution in [0.25, 0.3) is 0 Å². The molecule has 1 aliphatic heterocycles. The van der Waals surface area contributed by atoms with Crippen molar-refractivity contribution in [3.05, 3.63) is 23.4 Å². The fourth-order valence-corrected chi connectivity index (χ4v) is 2.87. The fourth-order valence-electron chi connectivity index (χ4n) is 2.87. The highest BCUT2D eigenvalue weighted by Gasteiger charge is 2.34. The molecule has 1 aromatic heterocycles. The number of aliphatic hydroxyl groups excluding tert-OH is 1. The van der Waals surface area contributed by atoms with Crippen molar-refractivity contribution in [3.8, 4) is 0 Å². The minimum atomic E-state index is -0.0710. The van der Waals surface area contributed by atoms with Gasteiger partial charge in [0.1, 0.15) is 5.82 Å². The summed E-state index contributed by atoms with van der Waals surface area (Å²) in [5.41, 5.74) is 1.56. The number of nitrogens with one attached hydrogen (secondary N) is 1. The normalized spacial score (nSPS) is 21.6. The Morgan fingerprint density at radius 2 is 2.24 bits per heavy atom. The monoisotopic (exact) mass is 291 g/mol. The molecule has 0 saturated carbocycles. The zero-order valence-corrected chi connectivity index (χ0v) is 13.1. The first kappa shape index (κ1) is 15.8. The van der Waals surface area contributed by atoms with Gasteiger partial charge in [0.05, 0.1) is 12.6 Å². The van der Waals surface area contributed by atoms with Gasteiger partial charge in [-0.2, -0.15) is 0 Å². The van der Waals surface area contributed by atoms with Gasteiger partial charge in [0, 0.05) is 24.3 Å². The van der Waals surface area contributed by atoms with Crippen LogP contribution < -0.4 is 5.32 Å². The summed E-state index contributed by atoms with van der Waals surface area (Å²) in [6.45, 7) is 7.63. The number of carbonyl (C=O) groups is 1. The summed E-state index contributed by atoms with van der Waals surface area (Å²) in [6, 6.07) is 3.60. The number of hydrogen-bond donors (Lipinski definition) is 2. The number of pyridine rings is 1. The maximum atomic E-state index is 12.7. The maximum Gasteiger partial charge on any atom is 0.254 e. The molecule has 2 atom stereocenters. The van der Waals surface area contributed by atoms with E-state index in [1.807, 2.05) is 26.0 Å². The van der Waals surface area contributed by atoms with Crippen LogP contribution in [-0.4, -0.2) is 46.6 Å². The lowest BCUT2D eigenvalue weighted by molar-refractivity contribution is 0.0648. The van der Waals surface area contributed by atoms with Gasteiger partial charge in [-0.1, -0.05) is 13.8 Å². The zero-order chi connectivity index (χ0) is 15.4. The predicted octanol–water partition coefficient (Wildman–Crippen LogP) is 1.92. The molecular formula is C16H25N3O2. The number of carbonyl (C=O) groups excluding carboxylic acids is 1. The minimum Gasteiger partial charge on any atom is -0.394 e. The van der Waals surface area contributed by atoms with E-state index in [-0.39, 0.29) is 18.6 Å². The average Bonchev–Trinajstić information content (AvgIpc) is 2.87. The van der Waals surface area contributed by atoms with Gasteiger partial charge in [-0.05, 0) is 37.8 Å². The van der Waals surface area contributed by atoms with Gasteiger partial charge in [-0.3, -0.25) is 4.79 Å². The number of likely N-dealkylation sites (tertiary alicyclic amines) is 1. The first-order valence-electron chi connectivity index (χ1n) is 7.77. The minimum absolute atomic E-state index is 0.00495. The third-order valence-electron chi connectivity index (χ3n) is 4.18. The lowest BCUT2D eigenvalue weighted by atomic mass is 10.0. The Morgan fingerprint density at radius 1 is 1.48 bits per heavy atom. The Bertz CT molecular complexity index is 504. The molecule has 0 aliphatic carbocycles. The summed E-state index contributed by atoms with van der Waals surface area (Å²) >= 11 is 0. The smallest absolute Gasteiger partial charge is 0.254 e. The second kappa shape index (κ2) is 6.89.